The van der Waals surface area contributed by atoms with E-state index < -0.39 is 13.0 Å². The van der Waals surface area contributed by atoms with Crippen molar-refractivity contribution in [1.82, 2.24) is 19.5 Å². The lowest BCUT2D eigenvalue weighted by Crippen LogP contribution is -2.30. The average molecular weight is 473 g/mol. The molecule has 11 nitrogen and oxygen atoms in total. The first-order valence-electron chi connectivity index (χ1n) is 11.2. The molecule has 0 atom stereocenters. The number of aryl methyl sites for hydroxylation is 1. The molecule has 4 aromatic rings. The molecule has 2 aromatic heterocycles. The maximum Gasteiger partial charge on any atom is 0.488 e. The minimum atomic E-state index is -1.54. The maximum atomic E-state index is 11.9. The van der Waals surface area contributed by atoms with Crippen molar-refractivity contribution in [3.63, 3.8) is 0 Å². The van der Waals surface area contributed by atoms with Crippen molar-refractivity contribution < 1.29 is 19.6 Å². The molecule has 0 fully saturated rings. The number of imidazole rings is 1. The van der Waals surface area contributed by atoms with Gasteiger partial charge in [0.25, 0.3) is 5.91 Å². The Bertz CT molecular complexity index is 1420. The molecule has 0 saturated heterocycles. The highest BCUT2D eigenvalue weighted by molar-refractivity contribution is 6.58. The van der Waals surface area contributed by atoms with Crippen molar-refractivity contribution in [2.24, 2.45) is 5.73 Å². The lowest BCUT2D eigenvalue weighted by molar-refractivity contribution is 0.100. The van der Waals surface area contributed by atoms with Gasteiger partial charge < -0.3 is 31.2 Å². The molecule has 0 unspecified atom stereocenters. The fourth-order valence-electron chi connectivity index (χ4n) is 4.21. The topological polar surface area (TPSA) is 160 Å². The van der Waals surface area contributed by atoms with E-state index in [4.69, 9.17) is 20.4 Å². The molecule has 0 aliphatic carbocycles. The minimum absolute atomic E-state index is 0.230. The van der Waals surface area contributed by atoms with Crippen molar-refractivity contribution in [3.05, 3.63) is 59.3 Å². The number of carbonyl (C=O) groups excluding carboxylic acids is 1. The van der Waals surface area contributed by atoms with Gasteiger partial charge in [-0.2, -0.15) is 9.97 Å². The quantitative estimate of drug-likeness (QED) is 0.242. The number of aromatic nitrogens is 4. The van der Waals surface area contributed by atoms with Crippen molar-refractivity contribution >= 4 is 41.0 Å². The van der Waals surface area contributed by atoms with Crippen LogP contribution in [0.4, 0.5) is 11.5 Å². The number of nitrogens with two attached hydrogens (primary N) is 1. The maximum absolute atomic E-state index is 11.9. The number of fused-ring (bicyclic) bond motifs is 2. The van der Waals surface area contributed by atoms with Gasteiger partial charge in [-0.15, -0.1) is 0 Å². The molecule has 1 aliphatic rings. The molecule has 2 aromatic carbocycles. The molecule has 35 heavy (non-hydrogen) atoms. The van der Waals surface area contributed by atoms with Crippen LogP contribution in [0.5, 0.6) is 6.01 Å². The molecule has 0 saturated carbocycles. The largest absolute Gasteiger partial charge is 0.488 e. The van der Waals surface area contributed by atoms with Crippen molar-refractivity contribution in [1.29, 1.82) is 0 Å². The highest BCUT2D eigenvalue weighted by Gasteiger charge is 2.23. The first kappa shape index (κ1) is 22.6. The van der Waals surface area contributed by atoms with E-state index in [0.717, 1.165) is 36.3 Å². The monoisotopic (exact) mass is 473 g/mol. The Morgan fingerprint density at radius 3 is 2.83 bits per heavy atom. The normalized spacial score (nSPS) is 12.7. The summed E-state index contributed by atoms with van der Waals surface area (Å²) >= 11 is 0. The number of rotatable bonds is 7. The summed E-state index contributed by atoms with van der Waals surface area (Å²) in [7, 11) is -0.0501. The Labute approximate surface area is 201 Å². The van der Waals surface area contributed by atoms with E-state index in [1.54, 1.807) is 41.0 Å². The van der Waals surface area contributed by atoms with E-state index in [1.165, 1.54) is 7.11 Å². The highest BCUT2D eigenvalue weighted by Crippen LogP contribution is 2.32. The van der Waals surface area contributed by atoms with E-state index >= 15 is 0 Å². The third kappa shape index (κ3) is 4.24. The molecule has 6 N–H and O–H groups in total. The Kier molecular flexibility index (Phi) is 5.97. The summed E-state index contributed by atoms with van der Waals surface area (Å²) in [6.07, 6.45) is 1.69. The van der Waals surface area contributed by atoms with E-state index in [1.807, 2.05) is 6.07 Å². The number of anilines is 2. The SMILES string of the molecule is COc1nc2c(C(N)=O)cccc2n1-c1nc2c(c(NCc3cccc(B(O)O)c3)n1)NCCC2. The number of nitrogens with one attached hydrogen (secondary N) is 2. The summed E-state index contributed by atoms with van der Waals surface area (Å²) in [6.45, 7) is 1.20. The molecule has 178 valence electrons. The van der Waals surface area contributed by atoms with Gasteiger partial charge >= 0.3 is 13.1 Å². The van der Waals surface area contributed by atoms with Crippen LogP contribution in [0.2, 0.25) is 0 Å². The van der Waals surface area contributed by atoms with Gasteiger partial charge in [-0.1, -0.05) is 30.3 Å². The zero-order chi connectivity index (χ0) is 24.5. The smallest absolute Gasteiger partial charge is 0.468 e. The molecule has 0 spiro atoms. The van der Waals surface area contributed by atoms with Crippen molar-refractivity contribution in [3.8, 4) is 12.0 Å². The first-order valence-corrected chi connectivity index (χ1v) is 11.2. The lowest BCUT2D eigenvalue weighted by Gasteiger charge is -2.22. The third-order valence-electron chi connectivity index (χ3n) is 5.88. The van der Waals surface area contributed by atoms with Crippen LogP contribution in [-0.4, -0.2) is 56.2 Å². The van der Waals surface area contributed by atoms with Crippen LogP contribution < -0.4 is 26.6 Å². The number of hydrogen-bond acceptors (Lipinski definition) is 9. The fraction of sp³-hybridized carbons (Fsp3) is 0.217. The summed E-state index contributed by atoms with van der Waals surface area (Å²) in [6, 6.07) is 12.4. The second-order valence-electron chi connectivity index (χ2n) is 8.17. The van der Waals surface area contributed by atoms with Gasteiger partial charge in [0.1, 0.15) is 5.52 Å². The Morgan fingerprint density at radius 1 is 1.23 bits per heavy atom. The van der Waals surface area contributed by atoms with Gasteiger partial charge in [-0.3, -0.25) is 4.79 Å². The van der Waals surface area contributed by atoms with Gasteiger partial charge in [0.15, 0.2) is 5.82 Å². The van der Waals surface area contributed by atoms with Crippen molar-refractivity contribution in [2.45, 2.75) is 19.4 Å². The number of ether oxygens (including phenoxy) is 1. The predicted molar refractivity (Wildman–Crippen MR) is 132 cm³/mol. The fourth-order valence-corrected chi connectivity index (χ4v) is 4.21. The molecule has 3 heterocycles. The second-order valence-corrected chi connectivity index (χ2v) is 8.17. The predicted octanol–water partition coefficient (Wildman–Crippen LogP) is 0.573. The molecular weight excluding hydrogens is 449 g/mol. The Balaban J connectivity index is 1.59. The number of methoxy groups -OCH3 is 1. The summed E-state index contributed by atoms with van der Waals surface area (Å²) < 4.78 is 7.16. The number of nitrogens with zero attached hydrogens (tertiary/aromatic N) is 4. The van der Waals surface area contributed by atoms with Gasteiger partial charge in [-0.05, 0) is 36.0 Å². The highest BCUT2D eigenvalue weighted by atomic mass is 16.5. The molecule has 12 heteroatoms. The molecule has 5 rings (SSSR count). The van der Waals surface area contributed by atoms with Crippen LogP contribution >= 0.6 is 0 Å². The number of amides is 1. The summed E-state index contributed by atoms with van der Waals surface area (Å²) in [4.78, 5) is 26.0. The summed E-state index contributed by atoms with van der Waals surface area (Å²) in [5.41, 5.74) is 9.77. The van der Waals surface area contributed by atoms with E-state index in [9.17, 15) is 14.8 Å². The number of carbonyl (C=O) groups is 1. The van der Waals surface area contributed by atoms with Gasteiger partial charge in [-0.25, -0.2) is 9.55 Å². The number of benzene rings is 2. The summed E-state index contributed by atoms with van der Waals surface area (Å²) in [5, 5.41) is 25.7. The van der Waals surface area contributed by atoms with Gasteiger partial charge in [0.05, 0.1) is 29.6 Å². The number of para-hydroxylation sites is 1. The molecule has 0 radical (unpaired) electrons. The van der Waals surface area contributed by atoms with E-state index in [0.29, 0.717) is 34.8 Å². The second kappa shape index (κ2) is 9.24. The van der Waals surface area contributed by atoms with E-state index in [2.05, 4.69) is 15.6 Å². The van der Waals surface area contributed by atoms with Crippen LogP contribution in [0, 0.1) is 0 Å². The third-order valence-corrected chi connectivity index (χ3v) is 5.88. The van der Waals surface area contributed by atoms with Crippen LogP contribution in [0.3, 0.4) is 0 Å². The van der Waals surface area contributed by atoms with Crippen LogP contribution in [0.15, 0.2) is 42.5 Å². The lowest BCUT2D eigenvalue weighted by atomic mass is 9.80. The summed E-state index contributed by atoms with van der Waals surface area (Å²) in [5.74, 6) is 0.348. The van der Waals surface area contributed by atoms with E-state index in [-0.39, 0.29) is 11.6 Å². The molecule has 1 aliphatic heterocycles. The average Bonchev–Trinajstić information content (AvgIpc) is 3.26. The van der Waals surface area contributed by atoms with Gasteiger partial charge in [0.2, 0.25) is 5.95 Å². The first-order chi connectivity index (χ1) is 17.0. The zero-order valence-electron chi connectivity index (χ0n) is 19.0. The van der Waals surface area contributed by atoms with Crippen molar-refractivity contribution in [2.75, 3.05) is 24.3 Å². The Morgan fingerprint density at radius 2 is 2.06 bits per heavy atom. The zero-order valence-corrected chi connectivity index (χ0v) is 19.0. The van der Waals surface area contributed by atoms with Crippen LogP contribution in [0.25, 0.3) is 17.0 Å². The molecule has 1 amide bonds. The molecule has 0 bridgehead atoms. The standard InChI is InChI=1S/C23H24BN7O4/c1-35-23-29-18-15(20(25)32)7-3-9-17(18)31(23)22-28-16-8-4-10-26-19(16)21(30-22)27-12-13-5-2-6-14(11-13)24(33)34/h2-3,5-7,9,11,26,33-34H,4,8,10,12H2,1H3,(H2,25,32)(H,27,28,30). The Hall–Kier alpha value is -4.16. The number of primary amides is 1. The van der Waals surface area contributed by atoms with Crippen LogP contribution in [-0.2, 0) is 13.0 Å². The van der Waals surface area contributed by atoms with Gasteiger partial charge in [0, 0.05) is 13.1 Å². The minimum Gasteiger partial charge on any atom is -0.468 e. The van der Waals surface area contributed by atoms with Crippen LogP contribution in [0.1, 0.15) is 28.0 Å². The number of hydrogen-bond donors (Lipinski definition) is 5. The molecular formula is C23H24BN7O4.